The third kappa shape index (κ3) is 6.45. The molecule has 1 heterocycles. The zero-order valence-electron chi connectivity index (χ0n) is 16.7. The first-order valence-corrected chi connectivity index (χ1v) is 10.3. The number of benzene rings is 2. The van der Waals surface area contributed by atoms with E-state index in [1.807, 2.05) is 44.2 Å². The van der Waals surface area contributed by atoms with Crippen molar-refractivity contribution in [1.82, 2.24) is 25.5 Å². The number of tetrazole rings is 1. The highest BCUT2D eigenvalue weighted by molar-refractivity contribution is 7.99. The fourth-order valence-corrected chi connectivity index (χ4v) is 3.56. The van der Waals surface area contributed by atoms with Crippen molar-refractivity contribution >= 4 is 17.7 Å². The number of carbonyl (C=O) groups is 1. The highest BCUT2D eigenvalue weighted by Crippen LogP contribution is 2.25. The molecule has 0 fully saturated rings. The van der Waals surface area contributed by atoms with Crippen molar-refractivity contribution in [2.75, 3.05) is 5.75 Å². The Kier molecular flexibility index (Phi) is 7.16. The van der Waals surface area contributed by atoms with Crippen LogP contribution in [0.5, 0.6) is 5.75 Å². The van der Waals surface area contributed by atoms with Gasteiger partial charge < -0.3 is 10.1 Å². The molecule has 0 aliphatic carbocycles. The Morgan fingerprint density at radius 3 is 2.42 bits per heavy atom. The predicted octanol–water partition coefficient (Wildman–Crippen LogP) is 4.17. The zero-order chi connectivity index (χ0) is 22.4. The summed E-state index contributed by atoms with van der Waals surface area (Å²) in [6.45, 7) is 4.05. The van der Waals surface area contributed by atoms with Gasteiger partial charge in [-0.25, -0.2) is 0 Å². The molecule has 164 valence electrons. The van der Waals surface area contributed by atoms with Crippen LogP contribution in [0.15, 0.2) is 59.8 Å². The fraction of sp³-hybridized carbons (Fsp3) is 0.300. The second-order valence-electron chi connectivity index (χ2n) is 6.90. The average molecular weight is 451 g/mol. The van der Waals surface area contributed by atoms with Crippen molar-refractivity contribution in [3.63, 3.8) is 0 Å². The van der Waals surface area contributed by atoms with Gasteiger partial charge in [0.25, 0.3) is 0 Å². The van der Waals surface area contributed by atoms with Gasteiger partial charge in [0.1, 0.15) is 5.75 Å². The van der Waals surface area contributed by atoms with Crippen molar-refractivity contribution in [3.05, 3.63) is 60.2 Å². The van der Waals surface area contributed by atoms with E-state index in [0.717, 1.165) is 17.3 Å². The molecule has 1 atom stereocenters. The molecule has 0 bridgehead atoms. The summed E-state index contributed by atoms with van der Waals surface area (Å²) in [5.41, 5.74) is 1.45. The number of aromatic nitrogens is 4. The van der Waals surface area contributed by atoms with Gasteiger partial charge in [-0.3, -0.25) is 4.79 Å². The number of amides is 1. The van der Waals surface area contributed by atoms with Gasteiger partial charge in [0.15, 0.2) is 0 Å². The molecule has 7 nitrogen and oxygen atoms in total. The van der Waals surface area contributed by atoms with Gasteiger partial charge in [0.05, 0.1) is 17.5 Å². The van der Waals surface area contributed by atoms with Crippen LogP contribution in [0, 0.1) is 5.92 Å². The highest BCUT2D eigenvalue weighted by Gasteiger charge is 2.31. The van der Waals surface area contributed by atoms with E-state index in [2.05, 4.69) is 25.6 Å². The van der Waals surface area contributed by atoms with Crippen LogP contribution in [0.2, 0.25) is 0 Å². The summed E-state index contributed by atoms with van der Waals surface area (Å²) in [7, 11) is 0. The van der Waals surface area contributed by atoms with Crippen LogP contribution in [0.1, 0.15) is 25.5 Å². The topological polar surface area (TPSA) is 81.9 Å². The molecule has 2 aromatic carbocycles. The van der Waals surface area contributed by atoms with Gasteiger partial charge in [0.2, 0.25) is 11.1 Å². The van der Waals surface area contributed by atoms with E-state index in [1.54, 1.807) is 0 Å². The molecule has 11 heteroatoms. The fourth-order valence-electron chi connectivity index (χ4n) is 2.86. The van der Waals surface area contributed by atoms with Crippen LogP contribution in [0.3, 0.4) is 0 Å². The lowest BCUT2D eigenvalue weighted by Gasteiger charge is -2.22. The number of rotatable bonds is 8. The number of hydrogen-bond acceptors (Lipinski definition) is 6. The molecular weight excluding hydrogens is 431 g/mol. The summed E-state index contributed by atoms with van der Waals surface area (Å²) in [6.07, 6.45) is -4.77. The van der Waals surface area contributed by atoms with Crippen molar-refractivity contribution in [1.29, 1.82) is 0 Å². The van der Waals surface area contributed by atoms with Gasteiger partial charge >= 0.3 is 6.36 Å². The Morgan fingerprint density at radius 2 is 1.81 bits per heavy atom. The van der Waals surface area contributed by atoms with Crippen molar-refractivity contribution < 1.29 is 22.7 Å². The second-order valence-corrected chi connectivity index (χ2v) is 7.85. The molecule has 1 amide bonds. The number of halogens is 3. The van der Waals surface area contributed by atoms with E-state index < -0.39 is 6.36 Å². The van der Waals surface area contributed by atoms with Gasteiger partial charge in [-0.2, -0.15) is 4.68 Å². The highest BCUT2D eigenvalue weighted by atomic mass is 32.2. The maximum Gasteiger partial charge on any atom is 0.573 e. The molecule has 0 spiro atoms. The SMILES string of the molecule is CC(C)C(NC(=O)CSc1nnnn1-c1ccc(OC(F)(F)F)cc1)c1ccccc1. The molecule has 1 N–H and O–H groups in total. The quantitative estimate of drug-likeness (QED) is 0.518. The van der Waals surface area contributed by atoms with Crippen LogP contribution in [0.25, 0.3) is 5.69 Å². The van der Waals surface area contributed by atoms with E-state index in [9.17, 15) is 18.0 Å². The first-order chi connectivity index (χ1) is 14.7. The van der Waals surface area contributed by atoms with Crippen LogP contribution in [-0.2, 0) is 4.79 Å². The van der Waals surface area contributed by atoms with E-state index in [4.69, 9.17) is 0 Å². The number of thioether (sulfide) groups is 1. The smallest absolute Gasteiger partial charge is 0.406 e. The lowest BCUT2D eigenvalue weighted by atomic mass is 9.96. The van der Waals surface area contributed by atoms with Crippen LogP contribution in [0.4, 0.5) is 13.2 Å². The first-order valence-electron chi connectivity index (χ1n) is 9.34. The van der Waals surface area contributed by atoms with Crippen molar-refractivity contribution in [3.8, 4) is 11.4 Å². The minimum atomic E-state index is -4.77. The molecular formula is C20H20F3N5O2S. The average Bonchev–Trinajstić information content (AvgIpc) is 3.19. The number of nitrogens with zero attached hydrogens (tertiary/aromatic N) is 4. The molecule has 1 unspecified atom stereocenters. The van der Waals surface area contributed by atoms with E-state index in [-0.39, 0.29) is 29.4 Å². The summed E-state index contributed by atoms with van der Waals surface area (Å²) in [5.74, 6) is -0.264. The largest absolute Gasteiger partial charge is 0.573 e. The number of carbonyl (C=O) groups excluding carboxylic acids is 1. The predicted molar refractivity (Wildman–Crippen MR) is 109 cm³/mol. The summed E-state index contributed by atoms with van der Waals surface area (Å²) < 4.78 is 42.1. The Labute approximate surface area is 181 Å². The first kappa shape index (κ1) is 22.6. The standard InChI is InChI=1S/C20H20F3N5O2S/c1-13(2)18(14-6-4-3-5-7-14)24-17(29)12-31-19-25-26-27-28(19)15-8-10-16(11-9-15)30-20(21,22)23/h3-11,13,18H,12H2,1-2H3,(H,24,29). The second kappa shape index (κ2) is 9.82. The maximum atomic E-state index is 12.5. The molecule has 3 aromatic rings. The molecule has 1 aromatic heterocycles. The maximum absolute atomic E-state index is 12.5. The molecule has 0 aliphatic rings. The van der Waals surface area contributed by atoms with Crippen molar-refractivity contribution in [2.24, 2.45) is 5.92 Å². The van der Waals surface area contributed by atoms with Gasteiger partial charge in [-0.05, 0) is 46.2 Å². The van der Waals surface area contributed by atoms with Crippen LogP contribution >= 0.6 is 11.8 Å². The summed E-state index contributed by atoms with van der Waals surface area (Å²) in [4.78, 5) is 12.5. The van der Waals surface area contributed by atoms with E-state index in [0.29, 0.717) is 10.8 Å². The Balaban J connectivity index is 1.63. The van der Waals surface area contributed by atoms with Gasteiger partial charge in [-0.15, -0.1) is 18.3 Å². The molecule has 31 heavy (non-hydrogen) atoms. The number of hydrogen-bond donors (Lipinski definition) is 1. The molecule has 0 saturated carbocycles. The van der Waals surface area contributed by atoms with E-state index in [1.165, 1.54) is 28.9 Å². The van der Waals surface area contributed by atoms with Crippen LogP contribution < -0.4 is 10.1 Å². The summed E-state index contributed by atoms with van der Waals surface area (Å²) in [6, 6.07) is 14.7. The molecule has 3 rings (SSSR count). The molecule has 0 radical (unpaired) electrons. The third-order valence-corrected chi connectivity index (χ3v) is 5.15. The molecule has 0 aliphatic heterocycles. The summed E-state index contributed by atoms with van der Waals surface area (Å²) >= 11 is 1.12. The lowest BCUT2D eigenvalue weighted by Crippen LogP contribution is -2.33. The monoisotopic (exact) mass is 451 g/mol. The minimum Gasteiger partial charge on any atom is -0.406 e. The lowest BCUT2D eigenvalue weighted by molar-refractivity contribution is -0.274. The van der Waals surface area contributed by atoms with Gasteiger partial charge in [-0.1, -0.05) is 55.9 Å². The number of ether oxygens (including phenoxy) is 1. The third-order valence-electron chi connectivity index (χ3n) is 4.23. The van der Waals surface area contributed by atoms with Gasteiger partial charge in [0, 0.05) is 0 Å². The minimum absolute atomic E-state index is 0.0751. The number of alkyl halides is 3. The normalized spacial score (nSPS) is 12.6. The zero-order valence-corrected chi connectivity index (χ0v) is 17.5. The summed E-state index contributed by atoms with van der Waals surface area (Å²) in [5, 5.41) is 14.7. The van der Waals surface area contributed by atoms with E-state index >= 15 is 0 Å². The Morgan fingerprint density at radius 1 is 1.13 bits per heavy atom. The number of nitrogens with one attached hydrogen (secondary N) is 1. The Bertz CT molecular complexity index is 994. The van der Waals surface area contributed by atoms with Crippen LogP contribution in [-0.4, -0.2) is 38.2 Å². The Hall–Kier alpha value is -3.08. The molecule has 0 saturated heterocycles. The van der Waals surface area contributed by atoms with Crippen molar-refractivity contribution in [2.45, 2.75) is 31.4 Å².